The fraction of sp³-hybridized carbons (Fsp3) is 0. The predicted molar refractivity (Wildman–Crippen MR) is 152 cm³/mol. The first-order valence-electron chi connectivity index (χ1n) is 12.3. The van der Waals surface area contributed by atoms with Crippen LogP contribution in [0.1, 0.15) is 43.5 Å². The molecule has 0 unspecified atom stereocenters. The molecule has 1 aromatic carbocycles. The molecule has 0 aliphatic carbocycles. The standard InChI is InChI=1S/C30H18N4O8.Cu/c35-27(36)20-12-19-11-17-7-6-15(31-17)10-16-8-9-18(32-16)13-21-22(14-4-2-1-3-5-14)23(28(37)38)26(34(21)30(41)42)24(29(39)40)25(20)33-19;/h1-13,31H,(H,35,36)(H,37,38)(H,39,40)(H,41,42);/q;+2. The summed E-state index contributed by atoms with van der Waals surface area (Å²) in [5, 5.41) is 41.3. The summed E-state index contributed by atoms with van der Waals surface area (Å²) >= 11 is 0. The third kappa shape index (κ3) is 4.99. The van der Waals surface area contributed by atoms with Gasteiger partial charge in [-0.1, -0.05) is 30.3 Å². The second-order valence-corrected chi connectivity index (χ2v) is 9.30. The van der Waals surface area contributed by atoms with Crippen molar-refractivity contribution in [2.75, 3.05) is 0 Å². The van der Waals surface area contributed by atoms with E-state index < -0.39 is 51.9 Å². The fourth-order valence-corrected chi connectivity index (χ4v) is 5.06. The van der Waals surface area contributed by atoms with Crippen molar-refractivity contribution in [2.45, 2.75) is 0 Å². The van der Waals surface area contributed by atoms with E-state index in [1.165, 1.54) is 12.1 Å². The number of carboxylic acid groups (broad SMARTS) is 4. The van der Waals surface area contributed by atoms with E-state index in [2.05, 4.69) is 15.0 Å². The number of carbonyl (C=O) groups is 4. The zero-order valence-corrected chi connectivity index (χ0v) is 22.5. The molecular weight excluding hydrogens is 608 g/mol. The second-order valence-electron chi connectivity index (χ2n) is 9.30. The Kier molecular flexibility index (Phi) is 7.28. The van der Waals surface area contributed by atoms with Gasteiger partial charge in [0, 0.05) is 16.6 Å². The van der Waals surface area contributed by atoms with Crippen molar-refractivity contribution < 1.29 is 56.7 Å². The Morgan fingerprint density at radius 3 is 1.88 bits per heavy atom. The zero-order valence-electron chi connectivity index (χ0n) is 21.6. The number of carboxylic acids is 3. The molecule has 4 aromatic rings. The van der Waals surface area contributed by atoms with Crippen LogP contribution in [0.25, 0.3) is 57.0 Å². The number of rotatable bonds is 4. The Labute approximate surface area is 251 Å². The number of benzene rings is 1. The number of aromatic nitrogens is 4. The maximum Gasteiger partial charge on any atom is 2.00 e. The van der Waals surface area contributed by atoms with Crippen molar-refractivity contribution in [1.82, 2.24) is 19.5 Å². The number of fused-ring (bicyclic) bond motifs is 8. The molecule has 8 bridgehead atoms. The van der Waals surface area contributed by atoms with Gasteiger partial charge in [-0.15, -0.1) is 0 Å². The molecule has 0 amide bonds. The van der Waals surface area contributed by atoms with Gasteiger partial charge in [-0.25, -0.2) is 33.7 Å². The number of aliphatic carboxylic acids is 1. The van der Waals surface area contributed by atoms with E-state index in [-0.39, 0.29) is 45.1 Å². The largest absolute Gasteiger partial charge is 2.00 e. The van der Waals surface area contributed by atoms with Crippen LogP contribution < -0.4 is 0 Å². The summed E-state index contributed by atoms with van der Waals surface area (Å²) in [6.45, 7) is 0. The molecule has 2 aliphatic rings. The van der Waals surface area contributed by atoms with Gasteiger partial charge in [-0.2, -0.15) is 0 Å². The number of aromatic amines is 1. The van der Waals surface area contributed by atoms with E-state index >= 15 is 0 Å². The van der Waals surface area contributed by atoms with Crippen LogP contribution in [0.2, 0.25) is 0 Å². The van der Waals surface area contributed by atoms with Crippen LogP contribution in [-0.2, 0) is 21.9 Å². The van der Waals surface area contributed by atoms with Crippen LogP contribution in [0.4, 0.5) is 4.79 Å². The molecule has 1 radical (unpaired) electrons. The molecule has 0 saturated carbocycles. The van der Waals surface area contributed by atoms with Gasteiger partial charge in [0.25, 0.3) is 0 Å². The van der Waals surface area contributed by atoms with Crippen molar-refractivity contribution >= 4 is 69.9 Å². The molecule has 5 heterocycles. The molecule has 0 atom stereocenters. The maximum atomic E-state index is 12.9. The molecule has 3 aromatic heterocycles. The SMILES string of the molecule is O=C(O)C1=Cc2cc3ccc(cc4nc(cc5c(-c6ccccc6)c(C(=O)O)c(c(C(=O)O)c1n2)n5C(=O)O)C=C4)[nH]3.[Cu+2]. The van der Waals surface area contributed by atoms with Gasteiger partial charge in [-0.05, 0) is 54.1 Å². The summed E-state index contributed by atoms with van der Waals surface area (Å²) < 4.78 is 0.527. The van der Waals surface area contributed by atoms with E-state index in [4.69, 9.17) is 0 Å². The number of hydrogen-bond acceptors (Lipinski definition) is 6. The molecule has 13 heteroatoms. The first-order valence-corrected chi connectivity index (χ1v) is 12.3. The molecule has 215 valence electrons. The maximum absolute atomic E-state index is 12.9. The predicted octanol–water partition coefficient (Wildman–Crippen LogP) is 5.17. The zero-order chi connectivity index (χ0) is 29.7. The number of aromatic carboxylic acids is 2. The number of nitrogens with one attached hydrogen (secondary N) is 1. The molecule has 0 saturated heterocycles. The van der Waals surface area contributed by atoms with Crippen molar-refractivity contribution in [3.63, 3.8) is 0 Å². The molecule has 2 aliphatic heterocycles. The summed E-state index contributed by atoms with van der Waals surface area (Å²) in [7, 11) is 0. The van der Waals surface area contributed by atoms with Gasteiger partial charge in [0.15, 0.2) is 0 Å². The minimum Gasteiger partial charge on any atom is -0.478 e. The third-order valence-corrected chi connectivity index (χ3v) is 6.69. The topological polar surface area (TPSA) is 196 Å². The van der Waals surface area contributed by atoms with E-state index in [1.54, 1.807) is 60.7 Å². The minimum absolute atomic E-state index is 0. The summed E-state index contributed by atoms with van der Waals surface area (Å²) in [5.41, 5.74) is -1.49. The van der Waals surface area contributed by atoms with Crippen LogP contribution in [0, 0.1) is 0 Å². The molecule has 12 nitrogen and oxygen atoms in total. The smallest absolute Gasteiger partial charge is 0.478 e. The van der Waals surface area contributed by atoms with Crippen molar-refractivity contribution in [1.29, 1.82) is 0 Å². The van der Waals surface area contributed by atoms with Gasteiger partial charge in [0.1, 0.15) is 5.56 Å². The van der Waals surface area contributed by atoms with Crippen LogP contribution in [-0.4, -0.2) is 63.9 Å². The number of nitrogens with zero attached hydrogens (tertiary/aromatic N) is 3. The summed E-state index contributed by atoms with van der Waals surface area (Å²) in [5.74, 6) is -4.95. The quantitative estimate of drug-likeness (QED) is 0.166. The monoisotopic (exact) mass is 625 g/mol. The summed E-state index contributed by atoms with van der Waals surface area (Å²) in [6.07, 6.45) is 2.71. The van der Waals surface area contributed by atoms with Crippen molar-refractivity contribution in [3.05, 3.63) is 94.6 Å². The molecular formula is C30H18CuN4O8+2. The molecule has 0 fully saturated rings. The van der Waals surface area contributed by atoms with Gasteiger partial charge in [-0.3, -0.25) is 0 Å². The Morgan fingerprint density at radius 1 is 0.698 bits per heavy atom. The van der Waals surface area contributed by atoms with E-state index in [0.29, 0.717) is 21.3 Å². The van der Waals surface area contributed by atoms with Crippen LogP contribution in [0.15, 0.2) is 60.7 Å². The van der Waals surface area contributed by atoms with E-state index in [9.17, 15) is 39.6 Å². The van der Waals surface area contributed by atoms with Crippen molar-refractivity contribution in [2.24, 2.45) is 0 Å². The molecule has 6 rings (SSSR count). The van der Waals surface area contributed by atoms with Crippen LogP contribution in [0.5, 0.6) is 0 Å². The summed E-state index contributed by atoms with van der Waals surface area (Å²) in [6, 6.07) is 16.0. The Hall–Kier alpha value is -5.78. The van der Waals surface area contributed by atoms with Gasteiger partial charge >= 0.3 is 41.1 Å². The fourth-order valence-electron chi connectivity index (χ4n) is 5.06. The van der Waals surface area contributed by atoms with E-state index in [0.717, 1.165) is 6.08 Å². The molecule has 5 N–H and O–H groups in total. The average molecular weight is 626 g/mol. The average Bonchev–Trinajstić information content (AvgIpc) is 3.71. The number of hydrogen-bond donors (Lipinski definition) is 5. The van der Waals surface area contributed by atoms with Crippen LogP contribution >= 0.6 is 0 Å². The second kappa shape index (κ2) is 10.9. The van der Waals surface area contributed by atoms with Gasteiger partial charge < -0.3 is 25.4 Å². The normalized spacial score (nSPS) is 11.9. The Morgan fingerprint density at radius 2 is 1.30 bits per heavy atom. The Balaban J connectivity index is 0.00000368. The molecule has 0 spiro atoms. The third-order valence-electron chi connectivity index (χ3n) is 6.69. The Bertz CT molecular complexity index is 2110. The first-order chi connectivity index (χ1) is 20.1. The molecule has 43 heavy (non-hydrogen) atoms. The van der Waals surface area contributed by atoms with Crippen LogP contribution in [0.3, 0.4) is 0 Å². The van der Waals surface area contributed by atoms with Gasteiger partial charge in [0.05, 0.1) is 44.9 Å². The first kappa shape index (κ1) is 28.7. The van der Waals surface area contributed by atoms with E-state index in [1.807, 2.05) is 0 Å². The van der Waals surface area contributed by atoms with Gasteiger partial charge in [0.2, 0.25) is 0 Å². The minimum atomic E-state index is -1.78. The number of H-pyrrole nitrogens is 1. The van der Waals surface area contributed by atoms with Crippen molar-refractivity contribution in [3.8, 4) is 11.1 Å². The summed E-state index contributed by atoms with van der Waals surface area (Å²) in [4.78, 5) is 62.7.